The number of nitrogens with one attached hydrogen (secondary N) is 1. The van der Waals surface area contributed by atoms with Crippen molar-refractivity contribution < 1.29 is 21.6 Å². The molecule has 0 saturated carbocycles. The molecule has 0 aromatic heterocycles. The van der Waals surface area contributed by atoms with E-state index in [1.54, 1.807) is 0 Å². The maximum atomic E-state index is 12.7. The van der Waals surface area contributed by atoms with Crippen molar-refractivity contribution in [3.05, 3.63) is 23.8 Å². The lowest BCUT2D eigenvalue weighted by atomic mass is 10.1. The average molecular weight is 298 g/mol. The Labute approximate surface area is 107 Å². The van der Waals surface area contributed by atoms with E-state index < -0.39 is 26.5 Å². The molecule has 100 valence electrons. The van der Waals surface area contributed by atoms with E-state index in [2.05, 4.69) is 17.5 Å². The van der Waals surface area contributed by atoms with Crippen molar-refractivity contribution >= 4 is 32.9 Å². The summed E-state index contributed by atoms with van der Waals surface area (Å²) in [6.07, 6.45) is -3.89. The van der Waals surface area contributed by atoms with Gasteiger partial charge in [0.25, 0.3) is 0 Å². The van der Waals surface area contributed by atoms with Crippen LogP contribution in [0.4, 0.5) is 18.9 Å². The first-order valence-corrected chi connectivity index (χ1v) is 6.79. The lowest BCUT2D eigenvalue weighted by Crippen LogP contribution is -2.22. The van der Waals surface area contributed by atoms with Gasteiger partial charge in [0.1, 0.15) is 0 Å². The second-order valence-corrected chi connectivity index (χ2v) is 5.92. The Morgan fingerprint density at radius 2 is 1.94 bits per heavy atom. The Kier molecular flexibility index (Phi) is 3.86. The number of sulfone groups is 1. The molecule has 0 fully saturated rings. The minimum absolute atomic E-state index is 0.340. The molecule has 0 spiro atoms. The van der Waals surface area contributed by atoms with E-state index in [9.17, 15) is 21.6 Å². The van der Waals surface area contributed by atoms with Gasteiger partial charge in [-0.2, -0.15) is 13.2 Å². The Morgan fingerprint density at radius 1 is 1.39 bits per heavy atom. The molecule has 0 atom stereocenters. The minimum atomic E-state index is -4.71. The van der Waals surface area contributed by atoms with Gasteiger partial charge in [-0.1, -0.05) is 0 Å². The molecule has 9 heteroatoms. The van der Waals surface area contributed by atoms with Gasteiger partial charge in [0.15, 0.2) is 14.9 Å². The zero-order valence-corrected chi connectivity index (χ0v) is 10.7. The number of alkyl halides is 3. The molecule has 0 aliphatic heterocycles. The van der Waals surface area contributed by atoms with Gasteiger partial charge in [-0.15, -0.1) is 0 Å². The molecule has 0 radical (unpaired) electrons. The number of anilines is 1. The lowest BCUT2D eigenvalue weighted by Gasteiger charge is -2.14. The molecule has 0 aliphatic rings. The molecule has 0 aliphatic carbocycles. The fourth-order valence-electron chi connectivity index (χ4n) is 1.23. The van der Waals surface area contributed by atoms with Crippen molar-refractivity contribution in [2.75, 3.05) is 11.6 Å². The Bertz CT molecular complexity index is 582. The van der Waals surface area contributed by atoms with Crippen LogP contribution in [0.5, 0.6) is 0 Å². The summed E-state index contributed by atoms with van der Waals surface area (Å²) < 4.78 is 60.7. The molecule has 0 unspecified atom stereocenters. The van der Waals surface area contributed by atoms with Crippen molar-refractivity contribution in [1.29, 1.82) is 0 Å². The molecule has 1 rings (SSSR count). The lowest BCUT2D eigenvalue weighted by molar-refractivity contribution is -0.137. The van der Waals surface area contributed by atoms with Crippen molar-refractivity contribution in [3.63, 3.8) is 0 Å². The quantitative estimate of drug-likeness (QED) is 0.814. The number of hydrogen-bond acceptors (Lipinski definition) is 3. The Hall–Kier alpha value is -1.35. The average Bonchev–Trinajstić information content (AvgIpc) is 2.13. The highest BCUT2D eigenvalue weighted by Gasteiger charge is 2.34. The van der Waals surface area contributed by atoms with Crippen LogP contribution >= 0.6 is 12.2 Å². The second kappa shape index (κ2) is 4.73. The van der Waals surface area contributed by atoms with Crippen LogP contribution in [-0.2, 0) is 16.0 Å². The van der Waals surface area contributed by atoms with Gasteiger partial charge in [-0.25, -0.2) is 8.42 Å². The van der Waals surface area contributed by atoms with Gasteiger partial charge in [0, 0.05) is 6.26 Å². The normalized spacial score (nSPS) is 12.2. The van der Waals surface area contributed by atoms with Gasteiger partial charge < -0.3 is 11.1 Å². The van der Waals surface area contributed by atoms with Crippen LogP contribution in [0.3, 0.4) is 0 Å². The van der Waals surface area contributed by atoms with Crippen molar-refractivity contribution in [2.45, 2.75) is 11.1 Å². The maximum absolute atomic E-state index is 12.7. The molecule has 0 amide bonds. The van der Waals surface area contributed by atoms with Crippen molar-refractivity contribution in [2.24, 2.45) is 5.73 Å². The predicted molar refractivity (Wildman–Crippen MR) is 65.0 cm³/mol. The summed E-state index contributed by atoms with van der Waals surface area (Å²) in [7, 11) is -3.72. The number of hydrogen-bond donors (Lipinski definition) is 2. The van der Waals surface area contributed by atoms with Crippen LogP contribution in [0.25, 0.3) is 0 Å². The standard InChI is InChI=1S/C9H9F3N2O2S2/c1-18(15,16)5-2-3-7(14-8(13)17)6(4-5)9(10,11)12/h2-4H,1H3,(H3,13,14,17). The largest absolute Gasteiger partial charge is 0.418 e. The van der Waals surface area contributed by atoms with Crippen molar-refractivity contribution in [1.82, 2.24) is 0 Å². The first kappa shape index (κ1) is 14.7. The van der Waals surface area contributed by atoms with E-state index >= 15 is 0 Å². The molecule has 1 aromatic rings. The van der Waals surface area contributed by atoms with Gasteiger partial charge in [0.05, 0.1) is 16.1 Å². The molecule has 18 heavy (non-hydrogen) atoms. The molecule has 0 bridgehead atoms. The summed E-state index contributed by atoms with van der Waals surface area (Å²) >= 11 is 4.45. The molecular weight excluding hydrogens is 289 g/mol. The molecular formula is C9H9F3N2O2S2. The smallest absolute Gasteiger partial charge is 0.376 e. The second-order valence-electron chi connectivity index (χ2n) is 3.47. The van der Waals surface area contributed by atoms with Gasteiger partial charge >= 0.3 is 6.18 Å². The van der Waals surface area contributed by atoms with Gasteiger partial charge in [-0.3, -0.25) is 0 Å². The highest BCUT2D eigenvalue weighted by molar-refractivity contribution is 7.90. The molecule has 3 N–H and O–H groups in total. The van der Waals surface area contributed by atoms with Crippen LogP contribution in [0.15, 0.2) is 23.1 Å². The van der Waals surface area contributed by atoms with Crippen LogP contribution in [0, 0.1) is 0 Å². The minimum Gasteiger partial charge on any atom is -0.376 e. The summed E-state index contributed by atoms with van der Waals surface area (Å²) in [6, 6.07) is 2.56. The SMILES string of the molecule is CS(=O)(=O)c1ccc(NC(N)=S)c(C(F)(F)F)c1. The molecule has 0 saturated heterocycles. The molecule has 1 aromatic carbocycles. The molecule has 0 heterocycles. The van der Waals surface area contributed by atoms with Crippen LogP contribution in [-0.4, -0.2) is 19.8 Å². The third kappa shape index (κ3) is 3.57. The van der Waals surface area contributed by atoms with Crippen LogP contribution in [0.1, 0.15) is 5.56 Å². The van der Waals surface area contributed by atoms with E-state index in [0.29, 0.717) is 6.07 Å². The fourth-order valence-corrected chi connectivity index (χ4v) is 1.99. The topological polar surface area (TPSA) is 72.2 Å². The zero-order chi connectivity index (χ0) is 14.1. The number of thiocarbonyl (C=S) groups is 1. The van der Waals surface area contributed by atoms with E-state index in [-0.39, 0.29) is 10.8 Å². The van der Waals surface area contributed by atoms with Gasteiger partial charge in [-0.05, 0) is 30.4 Å². The monoisotopic (exact) mass is 298 g/mol. The number of nitrogens with two attached hydrogens (primary N) is 1. The summed E-state index contributed by atoms with van der Waals surface area (Å²) in [5.74, 6) is 0. The zero-order valence-electron chi connectivity index (χ0n) is 9.08. The van der Waals surface area contributed by atoms with Crippen molar-refractivity contribution in [3.8, 4) is 0 Å². The van der Waals surface area contributed by atoms with E-state index in [1.165, 1.54) is 0 Å². The molecule has 4 nitrogen and oxygen atoms in total. The van der Waals surface area contributed by atoms with Crippen LogP contribution < -0.4 is 11.1 Å². The van der Waals surface area contributed by atoms with Crippen LogP contribution in [0.2, 0.25) is 0 Å². The first-order chi connectivity index (χ1) is 8.01. The highest BCUT2D eigenvalue weighted by Crippen LogP contribution is 2.36. The number of rotatable bonds is 2. The summed E-state index contributed by atoms with van der Waals surface area (Å²) in [6.45, 7) is 0. The number of halogens is 3. The Morgan fingerprint density at radius 3 is 2.33 bits per heavy atom. The summed E-state index contributed by atoms with van der Waals surface area (Å²) in [4.78, 5) is -0.427. The Balaban J connectivity index is 3.44. The highest BCUT2D eigenvalue weighted by atomic mass is 32.2. The summed E-state index contributed by atoms with van der Waals surface area (Å²) in [5.41, 5.74) is 3.57. The van der Waals surface area contributed by atoms with E-state index in [1.807, 2.05) is 0 Å². The fraction of sp³-hybridized carbons (Fsp3) is 0.222. The van der Waals surface area contributed by atoms with Gasteiger partial charge in [0.2, 0.25) is 0 Å². The number of benzene rings is 1. The maximum Gasteiger partial charge on any atom is 0.418 e. The third-order valence-corrected chi connectivity index (χ3v) is 3.19. The van der Waals surface area contributed by atoms with E-state index in [0.717, 1.165) is 18.4 Å². The first-order valence-electron chi connectivity index (χ1n) is 4.49. The van der Waals surface area contributed by atoms with E-state index in [4.69, 9.17) is 5.73 Å². The third-order valence-electron chi connectivity index (χ3n) is 1.98. The predicted octanol–water partition coefficient (Wildman–Crippen LogP) is 1.76. The summed E-state index contributed by atoms with van der Waals surface area (Å²) in [5, 5.41) is 1.81.